The molecular weight excluding hydrogens is 271 g/mol. The van der Waals surface area contributed by atoms with Gasteiger partial charge in [-0.2, -0.15) is 0 Å². The molecule has 104 valence electrons. The lowest BCUT2D eigenvalue weighted by Gasteiger charge is -2.17. The van der Waals surface area contributed by atoms with Gasteiger partial charge in [0.2, 0.25) is 10.0 Å². The molecule has 1 aliphatic rings. The monoisotopic (exact) mass is 286 g/mol. The first-order chi connectivity index (χ1) is 8.71. The molecule has 2 N–H and O–H groups in total. The van der Waals surface area contributed by atoms with E-state index in [9.17, 15) is 17.6 Å². The Kier molecular flexibility index (Phi) is 3.36. The van der Waals surface area contributed by atoms with E-state index < -0.39 is 21.7 Å². The van der Waals surface area contributed by atoms with Gasteiger partial charge in [0.25, 0.3) is 5.91 Å². The van der Waals surface area contributed by atoms with Crippen LogP contribution in [-0.2, 0) is 10.0 Å². The van der Waals surface area contributed by atoms with E-state index in [2.05, 4.69) is 0 Å². The number of halogens is 1. The predicted molar refractivity (Wildman–Crippen MR) is 67.6 cm³/mol. The van der Waals surface area contributed by atoms with E-state index in [0.29, 0.717) is 0 Å². The number of carbonyl (C=O) groups excluding carboxylic acids is 1. The quantitative estimate of drug-likeness (QED) is 0.900. The third-order valence-electron chi connectivity index (χ3n) is 3.27. The van der Waals surface area contributed by atoms with Crippen molar-refractivity contribution in [3.8, 4) is 0 Å². The maximum atomic E-state index is 13.7. The van der Waals surface area contributed by atoms with Crippen LogP contribution in [0.25, 0.3) is 0 Å². The summed E-state index contributed by atoms with van der Waals surface area (Å²) in [6.07, 6.45) is 1.83. The van der Waals surface area contributed by atoms with Gasteiger partial charge in [-0.05, 0) is 31.9 Å². The normalized spacial score (nSPS) is 15.4. The first-order valence-electron chi connectivity index (χ1n) is 5.82. The maximum absolute atomic E-state index is 13.7. The van der Waals surface area contributed by atoms with Crippen LogP contribution in [0.3, 0.4) is 0 Å². The number of benzene rings is 1. The number of primary sulfonamides is 1. The molecule has 7 heteroatoms. The Morgan fingerprint density at radius 2 is 2.00 bits per heavy atom. The van der Waals surface area contributed by atoms with E-state index in [4.69, 9.17) is 5.14 Å². The fourth-order valence-corrected chi connectivity index (χ4v) is 2.72. The highest BCUT2D eigenvalue weighted by atomic mass is 32.2. The highest BCUT2D eigenvalue weighted by Crippen LogP contribution is 2.28. The van der Waals surface area contributed by atoms with Crippen molar-refractivity contribution in [1.29, 1.82) is 0 Å². The molecule has 0 saturated heterocycles. The summed E-state index contributed by atoms with van der Waals surface area (Å²) in [5, 5.41) is 5.02. The van der Waals surface area contributed by atoms with E-state index >= 15 is 0 Å². The largest absolute Gasteiger partial charge is 0.339 e. The lowest BCUT2D eigenvalue weighted by atomic mass is 10.1. The van der Waals surface area contributed by atoms with Gasteiger partial charge in [0.15, 0.2) is 0 Å². The zero-order valence-electron chi connectivity index (χ0n) is 10.7. The van der Waals surface area contributed by atoms with Gasteiger partial charge in [0, 0.05) is 24.2 Å². The van der Waals surface area contributed by atoms with Crippen molar-refractivity contribution in [2.24, 2.45) is 5.14 Å². The molecule has 0 unspecified atom stereocenters. The van der Waals surface area contributed by atoms with Crippen LogP contribution in [0.4, 0.5) is 4.39 Å². The smallest absolute Gasteiger partial charge is 0.253 e. The van der Waals surface area contributed by atoms with Crippen LogP contribution in [0.5, 0.6) is 0 Å². The van der Waals surface area contributed by atoms with Crippen molar-refractivity contribution < 1.29 is 17.6 Å². The number of hydrogen-bond donors (Lipinski definition) is 1. The number of carbonyl (C=O) groups is 1. The summed E-state index contributed by atoms with van der Waals surface area (Å²) in [6, 6.07) is 2.34. The predicted octanol–water partition coefficient (Wildman–Crippen LogP) is 1.02. The molecule has 0 atom stereocenters. The van der Waals surface area contributed by atoms with Gasteiger partial charge < -0.3 is 4.90 Å². The summed E-state index contributed by atoms with van der Waals surface area (Å²) >= 11 is 0. The van der Waals surface area contributed by atoms with E-state index in [1.165, 1.54) is 11.8 Å². The Morgan fingerprint density at radius 3 is 2.47 bits per heavy atom. The molecular formula is C12H15FN2O3S. The minimum atomic E-state index is -4.05. The average molecular weight is 286 g/mol. The second-order valence-electron chi connectivity index (χ2n) is 4.77. The third-order valence-corrected chi connectivity index (χ3v) is 4.30. The Morgan fingerprint density at radius 1 is 1.42 bits per heavy atom. The van der Waals surface area contributed by atoms with Crippen LogP contribution >= 0.6 is 0 Å². The van der Waals surface area contributed by atoms with Crippen molar-refractivity contribution in [2.75, 3.05) is 7.05 Å². The average Bonchev–Trinajstić information content (AvgIpc) is 3.13. The molecule has 0 spiro atoms. The Balaban J connectivity index is 2.47. The standard InChI is InChI=1S/C12H15FN2O3S/c1-7-10(13)5-8(6-11(7)19(14,17)18)12(16)15(2)9-3-4-9/h5-6,9H,3-4H2,1-2H3,(H2,14,17,18). The molecule has 1 aromatic rings. The van der Waals surface area contributed by atoms with Crippen LogP contribution in [-0.4, -0.2) is 32.3 Å². The summed E-state index contributed by atoms with van der Waals surface area (Å²) in [7, 11) is -2.43. The topological polar surface area (TPSA) is 80.5 Å². The zero-order chi connectivity index (χ0) is 14.4. The third kappa shape index (κ3) is 2.76. The van der Waals surface area contributed by atoms with Crippen molar-refractivity contribution in [1.82, 2.24) is 4.90 Å². The molecule has 1 aliphatic carbocycles. The maximum Gasteiger partial charge on any atom is 0.253 e. The van der Waals surface area contributed by atoms with Gasteiger partial charge in [-0.25, -0.2) is 17.9 Å². The number of sulfonamides is 1. The lowest BCUT2D eigenvalue weighted by Crippen LogP contribution is -2.29. The van der Waals surface area contributed by atoms with Crippen molar-refractivity contribution in [2.45, 2.75) is 30.7 Å². The van der Waals surface area contributed by atoms with Gasteiger partial charge in [-0.3, -0.25) is 4.79 Å². The molecule has 1 amide bonds. The first kappa shape index (κ1) is 14.0. The summed E-state index contributed by atoms with van der Waals surface area (Å²) in [4.78, 5) is 13.2. The minimum Gasteiger partial charge on any atom is -0.339 e. The van der Waals surface area contributed by atoms with Crippen LogP contribution in [0.15, 0.2) is 17.0 Å². The molecule has 0 aliphatic heterocycles. The van der Waals surface area contributed by atoms with Crippen LogP contribution in [0.2, 0.25) is 0 Å². The van der Waals surface area contributed by atoms with Crippen LogP contribution < -0.4 is 5.14 Å². The fraction of sp³-hybridized carbons (Fsp3) is 0.417. The SMILES string of the molecule is Cc1c(F)cc(C(=O)N(C)C2CC2)cc1S(N)(=O)=O. The van der Waals surface area contributed by atoms with Gasteiger partial charge in [-0.1, -0.05) is 0 Å². The first-order valence-corrected chi connectivity index (χ1v) is 7.36. The van der Waals surface area contributed by atoms with E-state index in [1.54, 1.807) is 7.05 Å². The molecule has 0 radical (unpaired) electrons. The summed E-state index contributed by atoms with van der Waals surface area (Å²) < 4.78 is 36.5. The minimum absolute atomic E-state index is 0.00141. The van der Waals surface area contributed by atoms with Gasteiger partial charge in [0.05, 0.1) is 4.90 Å². The number of nitrogens with two attached hydrogens (primary N) is 1. The Hall–Kier alpha value is -1.47. The van der Waals surface area contributed by atoms with Crippen molar-refractivity contribution >= 4 is 15.9 Å². The summed E-state index contributed by atoms with van der Waals surface area (Å²) in [6.45, 7) is 1.31. The Bertz CT molecular complexity index is 639. The van der Waals surface area contributed by atoms with E-state index in [-0.39, 0.29) is 22.1 Å². The number of amides is 1. The molecule has 2 rings (SSSR count). The summed E-state index contributed by atoms with van der Waals surface area (Å²) in [5.41, 5.74) is -0.0744. The molecule has 0 heterocycles. The molecule has 1 saturated carbocycles. The molecule has 0 aromatic heterocycles. The number of rotatable bonds is 3. The number of hydrogen-bond acceptors (Lipinski definition) is 3. The molecule has 5 nitrogen and oxygen atoms in total. The fourth-order valence-electron chi connectivity index (χ4n) is 1.90. The van der Waals surface area contributed by atoms with Gasteiger partial charge in [-0.15, -0.1) is 0 Å². The summed E-state index contributed by atoms with van der Waals surface area (Å²) in [5.74, 6) is -1.15. The molecule has 0 bridgehead atoms. The highest BCUT2D eigenvalue weighted by molar-refractivity contribution is 7.89. The number of nitrogens with zero attached hydrogens (tertiary/aromatic N) is 1. The van der Waals surface area contributed by atoms with Crippen molar-refractivity contribution in [3.63, 3.8) is 0 Å². The van der Waals surface area contributed by atoms with Gasteiger partial charge >= 0.3 is 0 Å². The molecule has 19 heavy (non-hydrogen) atoms. The lowest BCUT2D eigenvalue weighted by molar-refractivity contribution is 0.0784. The van der Waals surface area contributed by atoms with Crippen molar-refractivity contribution in [3.05, 3.63) is 29.1 Å². The van der Waals surface area contributed by atoms with Gasteiger partial charge in [0.1, 0.15) is 5.82 Å². The van der Waals surface area contributed by atoms with Crippen LogP contribution in [0.1, 0.15) is 28.8 Å². The van der Waals surface area contributed by atoms with Crippen LogP contribution in [0, 0.1) is 12.7 Å². The molecule has 1 fully saturated rings. The van der Waals surface area contributed by atoms with E-state index in [0.717, 1.165) is 25.0 Å². The second-order valence-corrected chi connectivity index (χ2v) is 6.30. The highest BCUT2D eigenvalue weighted by Gasteiger charge is 2.31. The Labute approximate surface area is 111 Å². The second kappa shape index (κ2) is 4.57. The molecule has 1 aromatic carbocycles. The zero-order valence-corrected chi connectivity index (χ0v) is 11.5. The van der Waals surface area contributed by atoms with E-state index in [1.807, 2.05) is 0 Å².